The van der Waals surface area contributed by atoms with Crippen molar-refractivity contribution in [3.05, 3.63) is 29.6 Å². The first-order valence-corrected chi connectivity index (χ1v) is 6.83. The molecule has 0 saturated heterocycles. The van der Waals surface area contributed by atoms with Crippen LogP contribution in [0.25, 0.3) is 0 Å². The molecule has 2 atom stereocenters. The topological polar surface area (TPSA) is 78.4 Å². The summed E-state index contributed by atoms with van der Waals surface area (Å²) < 4.78 is 39.2. The van der Waals surface area contributed by atoms with E-state index in [4.69, 9.17) is 0 Å². The number of carbonyl (C=O) groups is 2. The van der Waals surface area contributed by atoms with Crippen molar-refractivity contribution < 1.29 is 27.9 Å². The number of aliphatic hydroxyl groups is 1. The normalized spacial score (nSPS) is 21.3. The Morgan fingerprint density at radius 2 is 1.73 bits per heavy atom. The first kappa shape index (κ1) is 16.3. The summed E-state index contributed by atoms with van der Waals surface area (Å²) in [4.78, 5) is 23.4. The fourth-order valence-corrected chi connectivity index (χ4v) is 2.32. The van der Waals surface area contributed by atoms with Gasteiger partial charge in [0.15, 0.2) is 17.5 Å². The van der Waals surface area contributed by atoms with Crippen molar-refractivity contribution in [3.63, 3.8) is 0 Å². The molecule has 2 amide bonds. The van der Waals surface area contributed by atoms with E-state index in [9.17, 15) is 27.9 Å². The highest BCUT2D eigenvalue weighted by Crippen LogP contribution is 2.20. The molecular weight excluding hydrogens is 301 g/mol. The van der Waals surface area contributed by atoms with E-state index in [0.29, 0.717) is 18.9 Å². The highest BCUT2D eigenvalue weighted by molar-refractivity contribution is 6.39. The second kappa shape index (κ2) is 6.78. The van der Waals surface area contributed by atoms with E-state index in [1.807, 2.05) is 5.32 Å². The predicted molar refractivity (Wildman–Crippen MR) is 71.4 cm³/mol. The maximum atomic E-state index is 13.4. The van der Waals surface area contributed by atoms with Gasteiger partial charge in [-0.15, -0.1) is 0 Å². The minimum absolute atomic E-state index is 0.518. The Balaban J connectivity index is 2.00. The molecule has 0 bridgehead atoms. The summed E-state index contributed by atoms with van der Waals surface area (Å²) >= 11 is 0. The summed E-state index contributed by atoms with van der Waals surface area (Å²) in [6, 6.07) is 0.896. The third-order valence-corrected chi connectivity index (χ3v) is 3.54. The lowest BCUT2D eigenvalue weighted by molar-refractivity contribution is -0.137. The van der Waals surface area contributed by atoms with E-state index >= 15 is 0 Å². The standard InChI is InChI=1S/C14H15F3N2O3/c15-7-5-6-9(12(17)11(7)16)19-14(22)13(21)18-8-3-1-2-4-10(8)20/h5-6,8,10,20H,1-4H2,(H,18,21)(H,19,22). The van der Waals surface area contributed by atoms with Gasteiger partial charge in [-0.05, 0) is 25.0 Å². The number of rotatable bonds is 2. The maximum Gasteiger partial charge on any atom is 0.313 e. The Morgan fingerprint density at radius 3 is 2.41 bits per heavy atom. The van der Waals surface area contributed by atoms with Crippen molar-refractivity contribution in [1.82, 2.24) is 5.32 Å². The zero-order chi connectivity index (χ0) is 16.3. The van der Waals surface area contributed by atoms with Crippen LogP contribution >= 0.6 is 0 Å². The molecule has 0 aromatic heterocycles. The molecule has 3 N–H and O–H groups in total. The lowest BCUT2D eigenvalue weighted by Crippen LogP contribution is -2.48. The molecule has 2 unspecified atom stereocenters. The van der Waals surface area contributed by atoms with E-state index in [2.05, 4.69) is 5.32 Å². The van der Waals surface area contributed by atoms with Crippen LogP contribution in [-0.4, -0.2) is 29.1 Å². The van der Waals surface area contributed by atoms with Gasteiger partial charge < -0.3 is 15.7 Å². The van der Waals surface area contributed by atoms with Gasteiger partial charge in [-0.3, -0.25) is 9.59 Å². The Morgan fingerprint density at radius 1 is 1.05 bits per heavy atom. The molecular formula is C14H15F3N2O3. The predicted octanol–water partition coefficient (Wildman–Crippen LogP) is 1.46. The molecule has 0 spiro atoms. The molecule has 1 aliphatic carbocycles. The third-order valence-electron chi connectivity index (χ3n) is 3.54. The summed E-state index contributed by atoms with van der Waals surface area (Å²) in [5, 5.41) is 13.9. The average Bonchev–Trinajstić information content (AvgIpc) is 2.50. The molecule has 120 valence electrons. The smallest absolute Gasteiger partial charge is 0.313 e. The number of anilines is 1. The van der Waals surface area contributed by atoms with Gasteiger partial charge in [0.25, 0.3) is 0 Å². The summed E-state index contributed by atoms with van der Waals surface area (Å²) in [6.07, 6.45) is 1.94. The Hall–Kier alpha value is -2.09. The molecule has 2 rings (SSSR count). The molecule has 5 nitrogen and oxygen atoms in total. The summed E-state index contributed by atoms with van der Waals surface area (Å²) in [7, 11) is 0. The monoisotopic (exact) mass is 316 g/mol. The molecule has 0 heterocycles. The van der Waals surface area contributed by atoms with Crippen molar-refractivity contribution >= 4 is 17.5 Å². The summed E-state index contributed by atoms with van der Waals surface area (Å²) in [5.74, 6) is -7.01. The van der Waals surface area contributed by atoms with Gasteiger partial charge in [0, 0.05) is 0 Å². The molecule has 1 aliphatic rings. The molecule has 1 aromatic carbocycles. The second-order valence-electron chi connectivity index (χ2n) is 5.11. The molecule has 8 heteroatoms. The minimum Gasteiger partial charge on any atom is -0.391 e. The van der Waals surface area contributed by atoms with Crippen LogP contribution in [-0.2, 0) is 9.59 Å². The van der Waals surface area contributed by atoms with E-state index < -0.39 is 47.1 Å². The van der Waals surface area contributed by atoms with Crippen LogP contribution in [0.4, 0.5) is 18.9 Å². The van der Waals surface area contributed by atoms with Gasteiger partial charge in [0.2, 0.25) is 0 Å². The number of hydrogen-bond donors (Lipinski definition) is 3. The van der Waals surface area contributed by atoms with Gasteiger partial charge in [-0.2, -0.15) is 0 Å². The number of benzene rings is 1. The van der Waals surface area contributed by atoms with Crippen LogP contribution in [0.15, 0.2) is 12.1 Å². The number of nitrogens with one attached hydrogen (secondary N) is 2. The SMILES string of the molecule is O=C(Nc1ccc(F)c(F)c1F)C(=O)NC1CCCCC1O. The molecule has 1 saturated carbocycles. The quantitative estimate of drug-likeness (QED) is 0.571. The van der Waals surface area contributed by atoms with Gasteiger partial charge in [-0.1, -0.05) is 12.8 Å². The van der Waals surface area contributed by atoms with E-state index in [0.717, 1.165) is 18.9 Å². The van der Waals surface area contributed by atoms with Crippen LogP contribution in [0, 0.1) is 17.5 Å². The molecule has 1 fully saturated rings. The largest absolute Gasteiger partial charge is 0.391 e. The number of amides is 2. The summed E-state index contributed by atoms with van der Waals surface area (Å²) in [5.41, 5.74) is -0.636. The zero-order valence-electron chi connectivity index (χ0n) is 11.5. The lowest BCUT2D eigenvalue weighted by Gasteiger charge is -2.27. The summed E-state index contributed by atoms with van der Waals surface area (Å²) in [6.45, 7) is 0. The lowest BCUT2D eigenvalue weighted by atomic mass is 9.92. The number of hydrogen-bond acceptors (Lipinski definition) is 3. The Labute approximate surface area is 124 Å². The number of aliphatic hydroxyl groups excluding tert-OH is 1. The van der Waals surface area contributed by atoms with Crippen molar-refractivity contribution in [2.75, 3.05) is 5.32 Å². The molecule has 22 heavy (non-hydrogen) atoms. The maximum absolute atomic E-state index is 13.4. The van der Waals surface area contributed by atoms with Crippen molar-refractivity contribution in [2.45, 2.75) is 37.8 Å². The molecule has 0 radical (unpaired) electrons. The minimum atomic E-state index is -1.74. The van der Waals surface area contributed by atoms with E-state index in [1.165, 1.54) is 0 Å². The fraction of sp³-hybridized carbons (Fsp3) is 0.429. The highest BCUT2D eigenvalue weighted by Gasteiger charge is 2.27. The molecule has 1 aromatic rings. The van der Waals surface area contributed by atoms with Gasteiger partial charge >= 0.3 is 11.8 Å². The third kappa shape index (κ3) is 3.56. The van der Waals surface area contributed by atoms with Crippen LogP contribution in [0.3, 0.4) is 0 Å². The van der Waals surface area contributed by atoms with Crippen LogP contribution in [0.1, 0.15) is 25.7 Å². The average molecular weight is 316 g/mol. The molecule has 0 aliphatic heterocycles. The fourth-order valence-electron chi connectivity index (χ4n) is 2.32. The van der Waals surface area contributed by atoms with Crippen molar-refractivity contribution in [3.8, 4) is 0 Å². The van der Waals surface area contributed by atoms with E-state index in [-0.39, 0.29) is 0 Å². The Bertz CT molecular complexity index is 595. The first-order chi connectivity index (χ1) is 10.4. The Kier molecular flexibility index (Phi) is 5.02. The van der Waals surface area contributed by atoms with Crippen molar-refractivity contribution in [2.24, 2.45) is 0 Å². The van der Waals surface area contributed by atoms with Crippen LogP contribution in [0.2, 0.25) is 0 Å². The zero-order valence-corrected chi connectivity index (χ0v) is 11.5. The van der Waals surface area contributed by atoms with Gasteiger partial charge in [0.1, 0.15) is 0 Å². The van der Waals surface area contributed by atoms with Gasteiger partial charge in [-0.25, -0.2) is 13.2 Å². The van der Waals surface area contributed by atoms with Crippen LogP contribution < -0.4 is 10.6 Å². The van der Waals surface area contributed by atoms with E-state index in [1.54, 1.807) is 0 Å². The first-order valence-electron chi connectivity index (χ1n) is 6.83. The number of carbonyl (C=O) groups excluding carboxylic acids is 2. The number of halogens is 3. The van der Waals surface area contributed by atoms with Crippen molar-refractivity contribution in [1.29, 1.82) is 0 Å². The van der Waals surface area contributed by atoms with Gasteiger partial charge in [0.05, 0.1) is 17.8 Å². The van der Waals surface area contributed by atoms with Crippen LogP contribution in [0.5, 0.6) is 0 Å². The second-order valence-corrected chi connectivity index (χ2v) is 5.11. The highest BCUT2D eigenvalue weighted by atomic mass is 19.2.